The van der Waals surface area contributed by atoms with Gasteiger partial charge in [-0.05, 0) is 43.5 Å². The summed E-state index contributed by atoms with van der Waals surface area (Å²) in [7, 11) is 0. The lowest BCUT2D eigenvalue weighted by Gasteiger charge is -2.23. The van der Waals surface area contributed by atoms with Gasteiger partial charge < -0.3 is 5.32 Å². The highest BCUT2D eigenvalue weighted by molar-refractivity contribution is 9.10. The SMILES string of the molecule is CCC(NC(C)Cc1ccc(Br)cc1)c1ccccc1F. The van der Waals surface area contributed by atoms with Crippen molar-refractivity contribution in [1.82, 2.24) is 5.32 Å². The van der Waals surface area contributed by atoms with Gasteiger partial charge in [0.25, 0.3) is 0 Å². The first-order valence-electron chi connectivity index (χ1n) is 7.35. The van der Waals surface area contributed by atoms with Gasteiger partial charge in [0.05, 0.1) is 0 Å². The summed E-state index contributed by atoms with van der Waals surface area (Å²) in [6, 6.07) is 15.7. The van der Waals surface area contributed by atoms with Crippen molar-refractivity contribution < 1.29 is 4.39 Å². The van der Waals surface area contributed by atoms with Gasteiger partial charge in [0.15, 0.2) is 0 Å². The van der Waals surface area contributed by atoms with Gasteiger partial charge in [0.1, 0.15) is 5.82 Å². The Morgan fingerprint density at radius 2 is 1.76 bits per heavy atom. The third-order valence-corrected chi connectivity index (χ3v) is 4.16. The van der Waals surface area contributed by atoms with E-state index in [2.05, 4.69) is 59.4 Å². The van der Waals surface area contributed by atoms with E-state index in [9.17, 15) is 4.39 Å². The van der Waals surface area contributed by atoms with Crippen molar-refractivity contribution in [2.24, 2.45) is 0 Å². The maximum absolute atomic E-state index is 13.9. The quantitative estimate of drug-likeness (QED) is 0.749. The standard InChI is InChI=1S/C18H21BrFN/c1-3-18(16-6-4-5-7-17(16)20)21-13(2)12-14-8-10-15(19)11-9-14/h4-11,13,18,21H,3,12H2,1-2H3. The lowest BCUT2D eigenvalue weighted by atomic mass is 10.0. The Labute approximate surface area is 134 Å². The molecule has 2 aromatic carbocycles. The molecule has 1 nitrogen and oxygen atoms in total. The number of benzene rings is 2. The molecule has 1 N–H and O–H groups in total. The monoisotopic (exact) mass is 349 g/mol. The van der Waals surface area contributed by atoms with Crippen LogP contribution in [-0.2, 0) is 6.42 Å². The van der Waals surface area contributed by atoms with E-state index in [0.717, 1.165) is 22.9 Å². The van der Waals surface area contributed by atoms with Gasteiger partial charge in [0, 0.05) is 22.1 Å². The second-order valence-corrected chi connectivity index (χ2v) is 6.30. The van der Waals surface area contributed by atoms with Gasteiger partial charge in [0.2, 0.25) is 0 Å². The summed E-state index contributed by atoms with van der Waals surface area (Å²) >= 11 is 3.44. The van der Waals surface area contributed by atoms with E-state index in [-0.39, 0.29) is 17.9 Å². The van der Waals surface area contributed by atoms with E-state index in [1.54, 1.807) is 6.07 Å². The molecule has 0 aliphatic carbocycles. The van der Waals surface area contributed by atoms with E-state index in [4.69, 9.17) is 0 Å². The van der Waals surface area contributed by atoms with Gasteiger partial charge in [-0.15, -0.1) is 0 Å². The summed E-state index contributed by atoms with van der Waals surface area (Å²) in [5, 5.41) is 3.54. The van der Waals surface area contributed by atoms with Crippen LogP contribution in [0.15, 0.2) is 53.0 Å². The number of hydrogen-bond donors (Lipinski definition) is 1. The lowest BCUT2D eigenvalue weighted by molar-refractivity contribution is 0.429. The van der Waals surface area contributed by atoms with Crippen LogP contribution in [0, 0.1) is 5.82 Å². The highest BCUT2D eigenvalue weighted by Gasteiger charge is 2.15. The van der Waals surface area contributed by atoms with Crippen LogP contribution in [0.4, 0.5) is 4.39 Å². The molecule has 0 spiro atoms. The molecular formula is C18H21BrFN. The maximum atomic E-state index is 13.9. The summed E-state index contributed by atoms with van der Waals surface area (Å²) in [5.74, 6) is -0.132. The van der Waals surface area contributed by atoms with Crippen LogP contribution in [-0.4, -0.2) is 6.04 Å². The molecule has 0 aliphatic rings. The summed E-state index contributed by atoms with van der Waals surface area (Å²) in [5.41, 5.74) is 2.03. The third kappa shape index (κ3) is 4.65. The van der Waals surface area contributed by atoms with Gasteiger partial charge in [-0.25, -0.2) is 4.39 Å². The van der Waals surface area contributed by atoms with Gasteiger partial charge >= 0.3 is 0 Å². The van der Waals surface area contributed by atoms with Crippen molar-refractivity contribution in [2.75, 3.05) is 0 Å². The molecule has 0 aromatic heterocycles. The molecular weight excluding hydrogens is 329 g/mol. The molecule has 21 heavy (non-hydrogen) atoms. The minimum absolute atomic E-state index is 0.0525. The van der Waals surface area contributed by atoms with Crippen molar-refractivity contribution in [2.45, 2.75) is 38.8 Å². The van der Waals surface area contributed by atoms with Crippen LogP contribution >= 0.6 is 15.9 Å². The molecule has 2 atom stereocenters. The number of hydrogen-bond acceptors (Lipinski definition) is 1. The van der Waals surface area contributed by atoms with Gasteiger partial charge in [-0.2, -0.15) is 0 Å². The lowest BCUT2D eigenvalue weighted by Crippen LogP contribution is -2.32. The number of nitrogens with one attached hydrogen (secondary N) is 1. The molecule has 0 bridgehead atoms. The van der Waals surface area contributed by atoms with Crippen molar-refractivity contribution in [1.29, 1.82) is 0 Å². The third-order valence-electron chi connectivity index (χ3n) is 3.63. The first kappa shape index (κ1) is 16.2. The Kier molecular flexibility index (Phi) is 5.95. The average molecular weight is 350 g/mol. The fraction of sp³-hybridized carbons (Fsp3) is 0.333. The van der Waals surface area contributed by atoms with Crippen LogP contribution in [0.5, 0.6) is 0 Å². The zero-order valence-corrected chi connectivity index (χ0v) is 14.0. The van der Waals surface area contributed by atoms with Crippen LogP contribution in [0.2, 0.25) is 0 Å². The molecule has 0 saturated heterocycles. The Hall–Kier alpha value is -1.19. The first-order valence-corrected chi connectivity index (χ1v) is 8.14. The predicted octanol–water partition coefficient (Wildman–Crippen LogP) is 5.26. The molecule has 0 aliphatic heterocycles. The Bertz CT molecular complexity index is 568. The van der Waals surface area contributed by atoms with E-state index < -0.39 is 0 Å². The number of halogens is 2. The second kappa shape index (κ2) is 7.71. The summed E-state index contributed by atoms with van der Waals surface area (Å²) in [4.78, 5) is 0. The average Bonchev–Trinajstić information content (AvgIpc) is 2.48. The Morgan fingerprint density at radius 3 is 2.38 bits per heavy atom. The van der Waals surface area contributed by atoms with Gasteiger partial charge in [-0.3, -0.25) is 0 Å². The fourth-order valence-electron chi connectivity index (χ4n) is 2.56. The molecule has 0 amide bonds. The van der Waals surface area contributed by atoms with Crippen molar-refractivity contribution >= 4 is 15.9 Å². The molecule has 0 fully saturated rings. The van der Waals surface area contributed by atoms with Crippen LogP contribution in [0.3, 0.4) is 0 Å². The summed E-state index contributed by atoms with van der Waals surface area (Å²) in [6.45, 7) is 4.22. The topological polar surface area (TPSA) is 12.0 Å². The number of rotatable bonds is 6. The Morgan fingerprint density at radius 1 is 1.10 bits per heavy atom. The van der Waals surface area contributed by atoms with E-state index >= 15 is 0 Å². The largest absolute Gasteiger partial charge is 0.307 e. The van der Waals surface area contributed by atoms with Crippen molar-refractivity contribution in [3.8, 4) is 0 Å². The molecule has 3 heteroatoms. The zero-order valence-electron chi connectivity index (χ0n) is 12.4. The molecule has 0 radical (unpaired) electrons. The van der Waals surface area contributed by atoms with E-state index in [0.29, 0.717) is 0 Å². The van der Waals surface area contributed by atoms with Crippen LogP contribution in [0.25, 0.3) is 0 Å². The zero-order chi connectivity index (χ0) is 15.2. The first-order chi connectivity index (χ1) is 10.1. The molecule has 0 heterocycles. The van der Waals surface area contributed by atoms with Crippen molar-refractivity contribution in [3.05, 3.63) is 69.9 Å². The molecule has 2 unspecified atom stereocenters. The minimum atomic E-state index is -0.132. The summed E-state index contributed by atoms with van der Waals surface area (Å²) in [6.07, 6.45) is 1.80. The van der Waals surface area contributed by atoms with Crippen LogP contribution in [0.1, 0.15) is 37.4 Å². The second-order valence-electron chi connectivity index (χ2n) is 5.38. The summed E-state index contributed by atoms with van der Waals surface area (Å²) < 4.78 is 15.0. The Balaban J connectivity index is 2.01. The van der Waals surface area contributed by atoms with E-state index in [1.807, 2.05) is 12.1 Å². The highest BCUT2D eigenvalue weighted by Crippen LogP contribution is 2.21. The smallest absolute Gasteiger partial charge is 0.127 e. The molecule has 0 saturated carbocycles. The van der Waals surface area contributed by atoms with Crippen LogP contribution < -0.4 is 5.32 Å². The highest BCUT2D eigenvalue weighted by atomic mass is 79.9. The molecule has 112 valence electrons. The molecule has 2 aromatic rings. The van der Waals surface area contributed by atoms with Crippen molar-refractivity contribution in [3.63, 3.8) is 0 Å². The normalized spacial score (nSPS) is 13.9. The van der Waals surface area contributed by atoms with E-state index in [1.165, 1.54) is 11.6 Å². The minimum Gasteiger partial charge on any atom is -0.307 e. The molecule has 2 rings (SSSR count). The van der Waals surface area contributed by atoms with Gasteiger partial charge in [-0.1, -0.05) is 53.2 Å². The maximum Gasteiger partial charge on any atom is 0.127 e. The fourth-order valence-corrected chi connectivity index (χ4v) is 2.83. The predicted molar refractivity (Wildman–Crippen MR) is 89.9 cm³/mol.